The number of aliphatic hydroxyl groups excluding tert-OH is 1. The molecule has 4 heteroatoms. The molecule has 0 spiro atoms. The number of aliphatic hydroxyl groups is 1. The molecule has 0 bridgehead atoms. The van der Waals surface area contributed by atoms with Crippen LogP contribution in [0.25, 0.3) is 0 Å². The van der Waals surface area contributed by atoms with Crippen LogP contribution in [0.15, 0.2) is 18.2 Å². The molecular weight excluding hydrogens is 168 g/mol. The van der Waals surface area contributed by atoms with Gasteiger partial charge in [-0.3, -0.25) is 0 Å². The minimum absolute atomic E-state index is 0.0915. The van der Waals surface area contributed by atoms with E-state index in [1.165, 1.54) is 0 Å². The van der Waals surface area contributed by atoms with Crippen molar-refractivity contribution >= 4 is 5.69 Å². The normalized spacial score (nSPS) is 12.5. The van der Waals surface area contributed by atoms with Crippen LogP contribution in [0.5, 0.6) is 5.75 Å². The molecular formula is C9H14N2O2. The highest BCUT2D eigenvalue weighted by Gasteiger charge is 2.06. The molecule has 0 saturated heterocycles. The van der Waals surface area contributed by atoms with E-state index < -0.39 is 0 Å². The fraction of sp³-hybridized carbons (Fsp3) is 0.333. The van der Waals surface area contributed by atoms with Crippen molar-refractivity contribution in [3.05, 3.63) is 23.8 Å². The van der Waals surface area contributed by atoms with Gasteiger partial charge in [-0.05, 0) is 17.7 Å². The SMILES string of the molecule is COc1ccc([C@H](N)CO)cc1N. The zero-order valence-electron chi connectivity index (χ0n) is 7.53. The molecule has 0 fully saturated rings. The Balaban J connectivity index is 2.95. The average Bonchev–Trinajstić information content (AvgIpc) is 2.16. The van der Waals surface area contributed by atoms with Gasteiger partial charge in [-0.2, -0.15) is 0 Å². The van der Waals surface area contributed by atoms with Crippen LogP contribution in [-0.4, -0.2) is 18.8 Å². The summed E-state index contributed by atoms with van der Waals surface area (Å²) in [5, 5.41) is 8.81. The second-order valence-corrected chi connectivity index (χ2v) is 2.79. The van der Waals surface area contributed by atoms with Gasteiger partial charge in [0.1, 0.15) is 5.75 Å². The van der Waals surface area contributed by atoms with E-state index in [0.717, 1.165) is 5.56 Å². The van der Waals surface area contributed by atoms with Crippen molar-refractivity contribution in [1.29, 1.82) is 0 Å². The Bertz CT molecular complexity index is 289. The third-order valence-corrected chi connectivity index (χ3v) is 1.88. The summed E-state index contributed by atoms with van der Waals surface area (Å²) in [7, 11) is 1.55. The van der Waals surface area contributed by atoms with E-state index in [9.17, 15) is 0 Å². The van der Waals surface area contributed by atoms with Gasteiger partial charge in [0.15, 0.2) is 0 Å². The molecule has 4 nitrogen and oxygen atoms in total. The predicted molar refractivity (Wildman–Crippen MR) is 51.4 cm³/mol. The van der Waals surface area contributed by atoms with E-state index in [-0.39, 0.29) is 12.6 Å². The van der Waals surface area contributed by atoms with Gasteiger partial charge < -0.3 is 21.3 Å². The average molecular weight is 182 g/mol. The highest BCUT2D eigenvalue weighted by molar-refractivity contribution is 5.54. The van der Waals surface area contributed by atoms with Crippen LogP contribution in [0.1, 0.15) is 11.6 Å². The number of hydrogen-bond acceptors (Lipinski definition) is 4. The van der Waals surface area contributed by atoms with Gasteiger partial charge in [-0.15, -0.1) is 0 Å². The molecule has 0 amide bonds. The molecule has 72 valence electrons. The molecule has 1 atom stereocenters. The van der Waals surface area contributed by atoms with Crippen molar-refractivity contribution in [3.63, 3.8) is 0 Å². The number of nitrogen functional groups attached to an aromatic ring is 1. The Morgan fingerprint density at radius 3 is 2.69 bits per heavy atom. The fourth-order valence-corrected chi connectivity index (χ4v) is 1.09. The topological polar surface area (TPSA) is 81.5 Å². The van der Waals surface area contributed by atoms with Gasteiger partial charge in [-0.25, -0.2) is 0 Å². The molecule has 0 aliphatic rings. The second-order valence-electron chi connectivity index (χ2n) is 2.79. The second kappa shape index (κ2) is 4.11. The molecule has 1 rings (SSSR count). The van der Waals surface area contributed by atoms with Crippen molar-refractivity contribution in [1.82, 2.24) is 0 Å². The van der Waals surface area contributed by atoms with Crippen molar-refractivity contribution in [2.45, 2.75) is 6.04 Å². The first-order valence-corrected chi connectivity index (χ1v) is 3.99. The lowest BCUT2D eigenvalue weighted by Gasteiger charge is -2.11. The van der Waals surface area contributed by atoms with Crippen LogP contribution < -0.4 is 16.2 Å². The van der Waals surface area contributed by atoms with Gasteiger partial charge in [0.25, 0.3) is 0 Å². The Hall–Kier alpha value is -1.26. The first-order chi connectivity index (χ1) is 6.19. The van der Waals surface area contributed by atoms with Gasteiger partial charge >= 0.3 is 0 Å². The van der Waals surface area contributed by atoms with Crippen molar-refractivity contribution < 1.29 is 9.84 Å². The van der Waals surface area contributed by atoms with Gasteiger partial charge in [-0.1, -0.05) is 6.07 Å². The number of benzene rings is 1. The quantitative estimate of drug-likeness (QED) is 0.586. The third kappa shape index (κ3) is 2.11. The standard InChI is InChI=1S/C9H14N2O2/c1-13-9-3-2-6(4-7(9)10)8(11)5-12/h2-4,8,12H,5,10-11H2,1H3/t8-/m1/s1. The fourth-order valence-electron chi connectivity index (χ4n) is 1.09. The summed E-state index contributed by atoms with van der Waals surface area (Å²) in [6.45, 7) is -0.0915. The molecule has 0 saturated carbocycles. The van der Waals surface area contributed by atoms with Crippen molar-refractivity contribution in [2.75, 3.05) is 19.5 Å². The largest absolute Gasteiger partial charge is 0.495 e. The van der Waals surface area contributed by atoms with Crippen molar-refractivity contribution in [3.8, 4) is 5.75 Å². The molecule has 1 aromatic carbocycles. The highest BCUT2D eigenvalue weighted by Crippen LogP contribution is 2.24. The van der Waals surface area contributed by atoms with E-state index in [2.05, 4.69) is 0 Å². The molecule has 0 aliphatic heterocycles. The Kier molecular flexibility index (Phi) is 3.11. The van der Waals surface area contributed by atoms with Crippen LogP contribution in [0.4, 0.5) is 5.69 Å². The monoisotopic (exact) mass is 182 g/mol. The first-order valence-electron chi connectivity index (χ1n) is 3.99. The maximum atomic E-state index is 8.81. The predicted octanol–water partition coefficient (Wildman–Crippen LogP) is 0.269. The number of nitrogens with two attached hydrogens (primary N) is 2. The summed E-state index contributed by atoms with van der Waals surface area (Å²) in [5.41, 5.74) is 12.6. The van der Waals surface area contributed by atoms with Crippen LogP contribution in [0.3, 0.4) is 0 Å². The Morgan fingerprint density at radius 1 is 1.54 bits per heavy atom. The van der Waals surface area contributed by atoms with Gasteiger partial charge in [0.05, 0.1) is 25.4 Å². The Labute approximate surface area is 77.1 Å². The van der Waals surface area contributed by atoms with Crippen LogP contribution in [0.2, 0.25) is 0 Å². The summed E-state index contributed by atoms with van der Waals surface area (Å²) >= 11 is 0. The van der Waals surface area contributed by atoms with E-state index in [4.69, 9.17) is 21.3 Å². The zero-order valence-corrected chi connectivity index (χ0v) is 7.53. The maximum absolute atomic E-state index is 8.81. The minimum Gasteiger partial charge on any atom is -0.495 e. The molecule has 13 heavy (non-hydrogen) atoms. The Morgan fingerprint density at radius 2 is 2.23 bits per heavy atom. The molecule has 0 aromatic heterocycles. The van der Waals surface area contributed by atoms with Gasteiger partial charge in [0.2, 0.25) is 0 Å². The van der Waals surface area contributed by atoms with E-state index in [0.29, 0.717) is 11.4 Å². The zero-order chi connectivity index (χ0) is 9.84. The van der Waals surface area contributed by atoms with Crippen LogP contribution >= 0.6 is 0 Å². The lowest BCUT2D eigenvalue weighted by atomic mass is 10.1. The lowest BCUT2D eigenvalue weighted by Crippen LogP contribution is -2.14. The summed E-state index contributed by atoms with van der Waals surface area (Å²) in [5.74, 6) is 0.619. The van der Waals surface area contributed by atoms with Crippen LogP contribution in [-0.2, 0) is 0 Å². The molecule has 1 aromatic rings. The number of ether oxygens (including phenoxy) is 1. The van der Waals surface area contributed by atoms with E-state index in [1.54, 1.807) is 25.3 Å². The third-order valence-electron chi connectivity index (χ3n) is 1.88. The highest BCUT2D eigenvalue weighted by atomic mass is 16.5. The molecule has 0 aliphatic carbocycles. The lowest BCUT2D eigenvalue weighted by molar-refractivity contribution is 0.268. The summed E-state index contributed by atoms with van der Waals surface area (Å²) < 4.78 is 4.99. The number of methoxy groups -OCH3 is 1. The molecule has 5 N–H and O–H groups in total. The molecule has 0 radical (unpaired) electrons. The van der Waals surface area contributed by atoms with E-state index >= 15 is 0 Å². The minimum atomic E-state index is -0.381. The summed E-state index contributed by atoms with van der Waals surface area (Å²) in [6.07, 6.45) is 0. The first kappa shape index (κ1) is 9.83. The number of hydrogen-bond donors (Lipinski definition) is 3. The van der Waals surface area contributed by atoms with Crippen LogP contribution in [0, 0.1) is 0 Å². The van der Waals surface area contributed by atoms with Crippen molar-refractivity contribution in [2.24, 2.45) is 5.73 Å². The molecule has 0 heterocycles. The number of rotatable bonds is 3. The smallest absolute Gasteiger partial charge is 0.141 e. The van der Waals surface area contributed by atoms with E-state index in [1.807, 2.05) is 0 Å². The summed E-state index contributed by atoms with van der Waals surface area (Å²) in [4.78, 5) is 0. The maximum Gasteiger partial charge on any atom is 0.141 e. The molecule has 0 unspecified atom stereocenters. The summed E-state index contributed by atoms with van der Waals surface area (Å²) in [6, 6.07) is 4.85. The van der Waals surface area contributed by atoms with Gasteiger partial charge in [0, 0.05) is 0 Å². The number of anilines is 1.